The lowest BCUT2D eigenvalue weighted by atomic mass is 10.1. The monoisotopic (exact) mass is 421 g/mol. The molecule has 0 spiro atoms. The maximum absolute atomic E-state index is 5.38. The summed E-state index contributed by atoms with van der Waals surface area (Å²) in [6.45, 7) is 6.09. The van der Waals surface area contributed by atoms with Crippen LogP contribution < -0.4 is 10.6 Å². The van der Waals surface area contributed by atoms with Crippen LogP contribution in [-0.4, -0.2) is 39.4 Å². The number of aliphatic imine (C=N–C) groups is 1. The van der Waals surface area contributed by atoms with Crippen LogP contribution in [0, 0.1) is 0 Å². The molecule has 0 atom stereocenters. The fourth-order valence-corrected chi connectivity index (χ4v) is 1.77. The molecular formula is C16H28IN3O2. The van der Waals surface area contributed by atoms with Crippen LogP contribution in [0.15, 0.2) is 29.3 Å². The first-order valence-corrected chi connectivity index (χ1v) is 7.07. The number of ether oxygens (including phenoxy) is 2. The van der Waals surface area contributed by atoms with Gasteiger partial charge in [-0.15, -0.1) is 24.0 Å². The van der Waals surface area contributed by atoms with E-state index in [4.69, 9.17) is 9.47 Å². The van der Waals surface area contributed by atoms with Gasteiger partial charge in [-0.25, -0.2) is 0 Å². The highest BCUT2D eigenvalue weighted by molar-refractivity contribution is 14.0. The van der Waals surface area contributed by atoms with Crippen molar-refractivity contribution in [2.75, 3.05) is 27.8 Å². The maximum Gasteiger partial charge on any atom is 0.191 e. The van der Waals surface area contributed by atoms with E-state index in [1.165, 1.54) is 11.1 Å². The average Bonchev–Trinajstić information content (AvgIpc) is 2.48. The van der Waals surface area contributed by atoms with Gasteiger partial charge in [-0.05, 0) is 25.0 Å². The van der Waals surface area contributed by atoms with Gasteiger partial charge < -0.3 is 20.1 Å². The molecular weight excluding hydrogens is 393 g/mol. The Hall–Kier alpha value is -0.860. The molecule has 0 aliphatic heterocycles. The third-order valence-electron chi connectivity index (χ3n) is 3.22. The predicted molar refractivity (Wildman–Crippen MR) is 102 cm³/mol. The third-order valence-corrected chi connectivity index (χ3v) is 3.22. The van der Waals surface area contributed by atoms with Crippen molar-refractivity contribution in [3.05, 3.63) is 35.4 Å². The summed E-state index contributed by atoms with van der Waals surface area (Å²) in [7, 11) is 5.17. The molecule has 0 saturated carbocycles. The third kappa shape index (κ3) is 7.95. The number of nitrogens with one attached hydrogen (secondary N) is 2. The zero-order valence-electron chi connectivity index (χ0n) is 14.1. The number of halogens is 1. The van der Waals surface area contributed by atoms with Crippen molar-refractivity contribution in [3.63, 3.8) is 0 Å². The van der Waals surface area contributed by atoms with Crippen molar-refractivity contribution >= 4 is 29.9 Å². The fourth-order valence-electron chi connectivity index (χ4n) is 1.77. The van der Waals surface area contributed by atoms with E-state index in [2.05, 4.69) is 33.8 Å². The number of guanidine groups is 1. The number of methoxy groups -OCH3 is 2. The van der Waals surface area contributed by atoms with Crippen molar-refractivity contribution < 1.29 is 9.47 Å². The van der Waals surface area contributed by atoms with Crippen molar-refractivity contribution in [3.8, 4) is 0 Å². The Morgan fingerprint density at radius 3 is 2.45 bits per heavy atom. The quantitative estimate of drug-likeness (QED) is 0.404. The number of hydrogen-bond acceptors (Lipinski definition) is 3. The highest BCUT2D eigenvalue weighted by Crippen LogP contribution is 2.07. The summed E-state index contributed by atoms with van der Waals surface area (Å²) >= 11 is 0. The van der Waals surface area contributed by atoms with E-state index in [-0.39, 0.29) is 29.6 Å². The molecule has 0 aliphatic rings. The van der Waals surface area contributed by atoms with Gasteiger partial charge in [0.15, 0.2) is 5.96 Å². The van der Waals surface area contributed by atoms with Gasteiger partial charge in [0.1, 0.15) is 0 Å². The molecule has 0 aliphatic carbocycles. The van der Waals surface area contributed by atoms with Crippen LogP contribution in [0.3, 0.4) is 0 Å². The van der Waals surface area contributed by atoms with E-state index in [1.54, 1.807) is 21.3 Å². The number of rotatable bonds is 7. The molecule has 0 amide bonds. The summed E-state index contributed by atoms with van der Waals surface area (Å²) in [5.41, 5.74) is 2.13. The molecule has 5 nitrogen and oxygen atoms in total. The summed E-state index contributed by atoms with van der Waals surface area (Å²) in [6.07, 6.45) is 0. The largest absolute Gasteiger partial charge is 0.380 e. The van der Waals surface area contributed by atoms with Crippen LogP contribution in [0.25, 0.3) is 0 Å². The first kappa shape index (κ1) is 21.1. The van der Waals surface area contributed by atoms with Gasteiger partial charge in [-0.1, -0.05) is 24.3 Å². The normalized spacial score (nSPS) is 11.8. The second kappa shape index (κ2) is 10.8. The molecule has 126 valence electrons. The van der Waals surface area contributed by atoms with Gasteiger partial charge in [0.2, 0.25) is 0 Å². The van der Waals surface area contributed by atoms with Crippen LogP contribution in [0.5, 0.6) is 0 Å². The van der Waals surface area contributed by atoms with Crippen LogP contribution >= 0.6 is 24.0 Å². The molecule has 1 aromatic rings. The Labute approximate surface area is 150 Å². The van der Waals surface area contributed by atoms with E-state index >= 15 is 0 Å². The molecule has 0 fully saturated rings. The molecule has 6 heteroatoms. The summed E-state index contributed by atoms with van der Waals surface area (Å²) < 4.78 is 10.5. The smallest absolute Gasteiger partial charge is 0.191 e. The molecule has 0 unspecified atom stereocenters. The van der Waals surface area contributed by atoms with Crippen molar-refractivity contribution in [1.29, 1.82) is 0 Å². The van der Waals surface area contributed by atoms with Crippen molar-refractivity contribution in [2.24, 2.45) is 4.99 Å². The molecule has 22 heavy (non-hydrogen) atoms. The molecule has 0 radical (unpaired) electrons. The zero-order chi connectivity index (χ0) is 15.7. The van der Waals surface area contributed by atoms with Gasteiger partial charge in [-0.2, -0.15) is 0 Å². The minimum absolute atomic E-state index is 0. The lowest BCUT2D eigenvalue weighted by Crippen LogP contribution is -2.45. The maximum atomic E-state index is 5.38. The molecule has 1 aromatic carbocycles. The second-order valence-corrected chi connectivity index (χ2v) is 5.50. The highest BCUT2D eigenvalue weighted by atomic mass is 127. The molecule has 2 N–H and O–H groups in total. The second-order valence-electron chi connectivity index (χ2n) is 5.50. The summed E-state index contributed by atoms with van der Waals surface area (Å²) in [6, 6.07) is 8.30. The molecule has 1 rings (SSSR count). The van der Waals surface area contributed by atoms with Crippen LogP contribution in [0.2, 0.25) is 0 Å². The number of hydrogen-bond donors (Lipinski definition) is 2. The minimum atomic E-state index is -0.226. The Balaban J connectivity index is 0.00000441. The summed E-state index contributed by atoms with van der Waals surface area (Å²) in [5, 5.41) is 6.55. The minimum Gasteiger partial charge on any atom is -0.380 e. The van der Waals surface area contributed by atoms with Crippen LogP contribution in [0.1, 0.15) is 25.0 Å². The molecule has 0 saturated heterocycles. The number of nitrogens with zero attached hydrogens (tertiary/aromatic N) is 1. The van der Waals surface area contributed by atoms with Gasteiger partial charge >= 0.3 is 0 Å². The van der Waals surface area contributed by atoms with Gasteiger partial charge in [0.05, 0.1) is 12.2 Å². The van der Waals surface area contributed by atoms with Gasteiger partial charge in [0, 0.05) is 34.4 Å². The topological polar surface area (TPSA) is 54.9 Å². The molecule has 0 aromatic heterocycles. The summed E-state index contributed by atoms with van der Waals surface area (Å²) in [5.74, 6) is 0.761. The van der Waals surface area contributed by atoms with E-state index in [0.717, 1.165) is 5.96 Å². The Kier molecular flexibility index (Phi) is 10.4. The van der Waals surface area contributed by atoms with Crippen molar-refractivity contribution in [1.82, 2.24) is 10.6 Å². The Bertz CT molecular complexity index is 464. The van der Waals surface area contributed by atoms with E-state index in [1.807, 2.05) is 19.9 Å². The highest BCUT2D eigenvalue weighted by Gasteiger charge is 2.16. The van der Waals surface area contributed by atoms with Crippen molar-refractivity contribution in [2.45, 2.75) is 32.6 Å². The Morgan fingerprint density at radius 1 is 1.18 bits per heavy atom. The standard InChI is InChI=1S/C16H27N3O2.HI/c1-16(2,21-5)12-19-15(17-3)18-10-13-7-6-8-14(9-13)11-20-4;/h6-9H,10-12H2,1-5H3,(H2,17,18,19);1H. The molecule has 0 heterocycles. The summed E-state index contributed by atoms with van der Waals surface area (Å²) in [4.78, 5) is 4.21. The first-order chi connectivity index (χ1) is 10.0. The lowest BCUT2D eigenvalue weighted by molar-refractivity contribution is 0.0268. The SMILES string of the molecule is CN=C(NCc1cccc(COC)c1)NCC(C)(C)OC.I. The zero-order valence-corrected chi connectivity index (χ0v) is 16.4. The van der Waals surface area contributed by atoms with E-state index in [0.29, 0.717) is 19.7 Å². The molecule has 0 bridgehead atoms. The van der Waals surface area contributed by atoms with Crippen LogP contribution in [0.4, 0.5) is 0 Å². The first-order valence-electron chi connectivity index (χ1n) is 7.07. The number of benzene rings is 1. The lowest BCUT2D eigenvalue weighted by Gasteiger charge is -2.24. The average molecular weight is 421 g/mol. The van der Waals surface area contributed by atoms with Gasteiger partial charge in [0.25, 0.3) is 0 Å². The van der Waals surface area contributed by atoms with Gasteiger partial charge in [-0.3, -0.25) is 4.99 Å². The fraction of sp³-hybridized carbons (Fsp3) is 0.562. The predicted octanol–water partition coefficient (Wildman–Crippen LogP) is 2.54. The Morgan fingerprint density at radius 2 is 1.86 bits per heavy atom. The van der Waals surface area contributed by atoms with E-state index in [9.17, 15) is 0 Å². The van der Waals surface area contributed by atoms with E-state index < -0.39 is 0 Å². The van der Waals surface area contributed by atoms with Crippen LogP contribution in [-0.2, 0) is 22.6 Å².